The number of hydrogen-bond donors (Lipinski definition) is 1. The summed E-state index contributed by atoms with van der Waals surface area (Å²) in [6.07, 6.45) is 0. The molecule has 1 fully saturated rings. The van der Waals surface area contributed by atoms with Gasteiger partial charge >= 0.3 is 0 Å². The van der Waals surface area contributed by atoms with Gasteiger partial charge in [-0.05, 0) is 32.0 Å². The third kappa shape index (κ3) is 4.06. The quantitative estimate of drug-likeness (QED) is 0.861. The molecule has 2 heterocycles. The summed E-state index contributed by atoms with van der Waals surface area (Å²) in [6, 6.07) is 10.4. The average molecular weight is 353 g/mol. The van der Waals surface area contributed by atoms with E-state index in [0.29, 0.717) is 23.5 Å². The molecule has 1 aliphatic heterocycles. The molecule has 138 valence electrons. The van der Waals surface area contributed by atoms with Crippen molar-refractivity contribution in [2.75, 3.05) is 44.6 Å². The van der Waals surface area contributed by atoms with Gasteiger partial charge in [0.15, 0.2) is 0 Å². The molecule has 1 atom stereocenters. The van der Waals surface area contributed by atoms with E-state index in [-0.39, 0.29) is 0 Å². The van der Waals surface area contributed by atoms with Gasteiger partial charge in [0.2, 0.25) is 17.5 Å². The molecular formula is C20H27N5O. The predicted molar refractivity (Wildman–Crippen MR) is 103 cm³/mol. The lowest BCUT2D eigenvalue weighted by Gasteiger charge is -2.37. The second kappa shape index (κ2) is 8.35. The molecule has 0 aliphatic carbocycles. The van der Waals surface area contributed by atoms with Gasteiger partial charge in [-0.25, -0.2) is 0 Å². The molecule has 1 N–H and O–H groups in total. The van der Waals surface area contributed by atoms with Crippen molar-refractivity contribution in [1.82, 2.24) is 14.8 Å². The SMILES string of the molecule is CCN1CCN([C@H](C)CNc2oc(-c3ccccc3C)nc2C#N)CC1. The first-order valence-corrected chi connectivity index (χ1v) is 9.29. The molecule has 6 nitrogen and oxygen atoms in total. The Bertz CT molecular complexity index is 771. The average Bonchev–Trinajstić information content (AvgIpc) is 3.09. The number of likely N-dealkylation sites (N-methyl/N-ethyl adjacent to an activating group) is 1. The zero-order valence-electron chi connectivity index (χ0n) is 15.8. The fraction of sp³-hybridized carbons (Fsp3) is 0.500. The summed E-state index contributed by atoms with van der Waals surface area (Å²) in [7, 11) is 0. The first-order valence-electron chi connectivity index (χ1n) is 9.29. The molecule has 1 aromatic heterocycles. The van der Waals surface area contributed by atoms with Gasteiger partial charge in [0.05, 0.1) is 0 Å². The fourth-order valence-corrected chi connectivity index (χ4v) is 3.33. The first kappa shape index (κ1) is 18.4. The van der Waals surface area contributed by atoms with Crippen molar-refractivity contribution in [2.24, 2.45) is 0 Å². The largest absolute Gasteiger partial charge is 0.419 e. The standard InChI is InChI=1S/C20H27N5O/c1-4-24-9-11-25(12-10-24)16(3)14-22-20-18(13-21)23-19(26-20)17-8-6-5-7-15(17)2/h5-8,16,22H,4,9-12,14H2,1-3H3/t16-/m1/s1. The van der Waals surface area contributed by atoms with E-state index in [9.17, 15) is 5.26 Å². The summed E-state index contributed by atoms with van der Waals surface area (Å²) in [5.74, 6) is 0.955. The molecule has 1 saturated heterocycles. The second-order valence-electron chi connectivity index (χ2n) is 6.82. The lowest BCUT2D eigenvalue weighted by molar-refractivity contribution is 0.110. The number of hydrogen-bond acceptors (Lipinski definition) is 6. The van der Waals surface area contributed by atoms with Gasteiger partial charge in [-0.15, -0.1) is 0 Å². The van der Waals surface area contributed by atoms with Crippen molar-refractivity contribution in [3.8, 4) is 17.5 Å². The molecular weight excluding hydrogens is 326 g/mol. The summed E-state index contributed by atoms with van der Waals surface area (Å²) >= 11 is 0. The molecule has 3 rings (SSSR count). The molecule has 0 bridgehead atoms. The highest BCUT2D eigenvalue weighted by Gasteiger charge is 2.21. The summed E-state index contributed by atoms with van der Waals surface area (Å²) in [6.45, 7) is 12.7. The van der Waals surface area contributed by atoms with Gasteiger partial charge in [-0.1, -0.05) is 25.1 Å². The van der Waals surface area contributed by atoms with E-state index in [1.54, 1.807) is 0 Å². The summed E-state index contributed by atoms with van der Waals surface area (Å²) < 4.78 is 5.87. The van der Waals surface area contributed by atoms with E-state index >= 15 is 0 Å². The highest BCUT2D eigenvalue weighted by atomic mass is 16.4. The number of aromatic nitrogens is 1. The molecule has 6 heteroatoms. The van der Waals surface area contributed by atoms with Gasteiger partial charge < -0.3 is 14.6 Å². The summed E-state index contributed by atoms with van der Waals surface area (Å²) in [5, 5.41) is 12.7. The summed E-state index contributed by atoms with van der Waals surface area (Å²) in [4.78, 5) is 9.30. The number of piperazine rings is 1. The third-order valence-electron chi connectivity index (χ3n) is 5.14. The fourth-order valence-electron chi connectivity index (χ4n) is 3.33. The number of anilines is 1. The number of oxazole rings is 1. The third-order valence-corrected chi connectivity index (χ3v) is 5.14. The maximum atomic E-state index is 9.39. The molecule has 1 aliphatic rings. The molecule has 0 radical (unpaired) electrons. The van der Waals surface area contributed by atoms with Crippen LogP contribution in [0.25, 0.3) is 11.5 Å². The molecule has 0 spiro atoms. The van der Waals surface area contributed by atoms with Gasteiger partial charge in [0.1, 0.15) is 6.07 Å². The Kier molecular flexibility index (Phi) is 5.92. The number of rotatable bonds is 6. The van der Waals surface area contributed by atoms with Crippen molar-refractivity contribution in [3.05, 3.63) is 35.5 Å². The minimum absolute atomic E-state index is 0.311. The maximum Gasteiger partial charge on any atom is 0.232 e. The monoisotopic (exact) mass is 353 g/mol. The van der Waals surface area contributed by atoms with Gasteiger partial charge in [-0.2, -0.15) is 10.2 Å². The van der Waals surface area contributed by atoms with E-state index in [1.165, 1.54) is 0 Å². The van der Waals surface area contributed by atoms with Crippen LogP contribution in [0.5, 0.6) is 0 Å². The molecule has 0 unspecified atom stereocenters. The first-order chi connectivity index (χ1) is 12.6. The molecule has 1 aromatic carbocycles. The Hall–Kier alpha value is -2.36. The van der Waals surface area contributed by atoms with E-state index in [2.05, 4.69) is 40.0 Å². The Morgan fingerprint density at radius 1 is 1.27 bits per heavy atom. The van der Waals surface area contributed by atoms with Crippen LogP contribution in [0.3, 0.4) is 0 Å². The van der Waals surface area contributed by atoms with Gasteiger partial charge in [0, 0.05) is 44.3 Å². The Morgan fingerprint density at radius 2 is 2.00 bits per heavy atom. The van der Waals surface area contributed by atoms with Crippen LogP contribution in [0.2, 0.25) is 0 Å². The van der Waals surface area contributed by atoms with Crippen LogP contribution in [0.4, 0.5) is 5.88 Å². The minimum atomic E-state index is 0.311. The van der Waals surface area contributed by atoms with Crippen LogP contribution in [0.15, 0.2) is 28.7 Å². The number of aryl methyl sites for hydroxylation is 1. The Labute approximate surface area is 155 Å². The van der Waals surface area contributed by atoms with Crippen molar-refractivity contribution in [1.29, 1.82) is 5.26 Å². The number of benzene rings is 1. The highest BCUT2D eigenvalue weighted by molar-refractivity contribution is 5.62. The number of nitrogens with zero attached hydrogens (tertiary/aromatic N) is 4. The van der Waals surface area contributed by atoms with Crippen LogP contribution >= 0.6 is 0 Å². The van der Waals surface area contributed by atoms with Crippen LogP contribution in [-0.4, -0.2) is 60.1 Å². The molecule has 26 heavy (non-hydrogen) atoms. The van der Waals surface area contributed by atoms with E-state index < -0.39 is 0 Å². The molecule has 0 amide bonds. The van der Waals surface area contributed by atoms with Crippen LogP contribution in [-0.2, 0) is 0 Å². The zero-order chi connectivity index (χ0) is 18.5. The van der Waals surface area contributed by atoms with Crippen molar-refractivity contribution >= 4 is 5.88 Å². The highest BCUT2D eigenvalue weighted by Crippen LogP contribution is 2.27. The smallest absolute Gasteiger partial charge is 0.232 e. The number of nitrogens with one attached hydrogen (secondary N) is 1. The second-order valence-corrected chi connectivity index (χ2v) is 6.82. The van der Waals surface area contributed by atoms with Crippen LogP contribution in [0.1, 0.15) is 25.1 Å². The van der Waals surface area contributed by atoms with Crippen LogP contribution < -0.4 is 5.32 Å². The van der Waals surface area contributed by atoms with E-state index in [1.807, 2.05) is 31.2 Å². The minimum Gasteiger partial charge on any atom is -0.419 e. The topological polar surface area (TPSA) is 68.3 Å². The number of nitriles is 1. The Morgan fingerprint density at radius 3 is 2.65 bits per heavy atom. The van der Waals surface area contributed by atoms with Crippen molar-refractivity contribution in [3.63, 3.8) is 0 Å². The van der Waals surface area contributed by atoms with E-state index in [0.717, 1.165) is 50.4 Å². The lowest BCUT2D eigenvalue weighted by atomic mass is 10.1. The normalized spacial score (nSPS) is 17.0. The van der Waals surface area contributed by atoms with E-state index in [4.69, 9.17) is 4.42 Å². The lowest BCUT2D eigenvalue weighted by Crippen LogP contribution is -2.51. The molecule has 2 aromatic rings. The molecule has 0 saturated carbocycles. The van der Waals surface area contributed by atoms with Gasteiger partial charge in [0.25, 0.3) is 0 Å². The van der Waals surface area contributed by atoms with Crippen molar-refractivity contribution < 1.29 is 4.42 Å². The van der Waals surface area contributed by atoms with Gasteiger partial charge in [-0.3, -0.25) is 4.90 Å². The zero-order valence-corrected chi connectivity index (χ0v) is 15.8. The Balaban J connectivity index is 1.65. The summed E-state index contributed by atoms with van der Waals surface area (Å²) in [5.41, 5.74) is 2.30. The van der Waals surface area contributed by atoms with Crippen LogP contribution in [0, 0.1) is 18.3 Å². The predicted octanol–water partition coefficient (Wildman–Crippen LogP) is 2.96. The maximum absolute atomic E-state index is 9.39. The van der Waals surface area contributed by atoms with Crippen molar-refractivity contribution in [2.45, 2.75) is 26.8 Å².